The molecule has 1 aliphatic rings. The molecule has 104 valence electrons. The summed E-state index contributed by atoms with van der Waals surface area (Å²) in [6, 6.07) is 3.21. The summed E-state index contributed by atoms with van der Waals surface area (Å²) in [5.74, 6) is 2.24. The summed E-state index contributed by atoms with van der Waals surface area (Å²) in [6.07, 6.45) is 5.17. The second-order valence-electron chi connectivity index (χ2n) is 5.58. The maximum Gasteiger partial charge on any atom is 0.290 e. The molecule has 1 aliphatic carbocycles. The molecule has 1 aromatic rings. The van der Waals surface area contributed by atoms with E-state index in [1.807, 2.05) is 0 Å². The van der Waals surface area contributed by atoms with Gasteiger partial charge in [0.15, 0.2) is 0 Å². The van der Waals surface area contributed by atoms with E-state index in [0.717, 1.165) is 18.3 Å². The highest BCUT2D eigenvalue weighted by molar-refractivity contribution is 5.44. The SMILES string of the molecule is Cc1nc(NCC2CCCC(C)C2)ccc1[N+](=O)[O-]. The minimum absolute atomic E-state index is 0.0804. The van der Waals surface area contributed by atoms with E-state index in [1.54, 1.807) is 13.0 Å². The summed E-state index contributed by atoms with van der Waals surface area (Å²) in [6.45, 7) is 4.89. The molecule has 1 aromatic heterocycles. The number of nitro groups is 1. The molecule has 0 bridgehead atoms. The van der Waals surface area contributed by atoms with Crippen LogP contribution in [0.1, 0.15) is 38.3 Å². The van der Waals surface area contributed by atoms with E-state index < -0.39 is 4.92 Å². The fraction of sp³-hybridized carbons (Fsp3) is 0.643. The number of aromatic nitrogens is 1. The molecule has 1 saturated carbocycles. The minimum Gasteiger partial charge on any atom is -0.370 e. The molecule has 1 heterocycles. The van der Waals surface area contributed by atoms with Crippen molar-refractivity contribution < 1.29 is 4.92 Å². The second-order valence-corrected chi connectivity index (χ2v) is 5.58. The second kappa shape index (κ2) is 5.99. The van der Waals surface area contributed by atoms with Crippen molar-refractivity contribution in [3.8, 4) is 0 Å². The Hall–Kier alpha value is -1.65. The quantitative estimate of drug-likeness (QED) is 0.666. The first-order chi connectivity index (χ1) is 9.06. The van der Waals surface area contributed by atoms with Gasteiger partial charge < -0.3 is 5.32 Å². The van der Waals surface area contributed by atoms with Crippen LogP contribution in [0.3, 0.4) is 0 Å². The Morgan fingerprint density at radius 2 is 2.26 bits per heavy atom. The van der Waals surface area contributed by atoms with Crippen molar-refractivity contribution in [2.24, 2.45) is 11.8 Å². The Balaban J connectivity index is 1.92. The zero-order valence-electron chi connectivity index (χ0n) is 11.6. The van der Waals surface area contributed by atoms with Crippen LogP contribution < -0.4 is 5.32 Å². The van der Waals surface area contributed by atoms with Crippen LogP contribution >= 0.6 is 0 Å². The van der Waals surface area contributed by atoms with Crippen molar-refractivity contribution >= 4 is 11.5 Å². The van der Waals surface area contributed by atoms with E-state index in [2.05, 4.69) is 17.2 Å². The lowest BCUT2D eigenvalue weighted by Gasteiger charge is -2.26. The average molecular weight is 263 g/mol. The first-order valence-electron chi connectivity index (χ1n) is 6.92. The molecular weight excluding hydrogens is 242 g/mol. The Morgan fingerprint density at radius 1 is 1.47 bits per heavy atom. The van der Waals surface area contributed by atoms with Gasteiger partial charge in [-0.15, -0.1) is 0 Å². The van der Waals surface area contributed by atoms with Gasteiger partial charge in [0.25, 0.3) is 5.69 Å². The molecule has 0 radical (unpaired) electrons. The number of nitrogens with zero attached hydrogens (tertiary/aromatic N) is 2. The molecule has 5 heteroatoms. The smallest absolute Gasteiger partial charge is 0.290 e. The molecule has 0 aromatic carbocycles. The zero-order chi connectivity index (χ0) is 13.8. The molecule has 2 atom stereocenters. The lowest BCUT2D eigenvalue weighted by Crippen LogP contribution is -2.21. The molecule has 1 N–H and O–H groups in total. The Morgan fingerprint density at radius 3 is 2.89 bits per heavy atom. The predicted molar refractivity (Wildman–Crippen MR) is 75.2 cm³/mol. The van der Waals surface area contributed by atoms with Crippen molar-refractivity contribution in [1.29, 1.82) is 0 Å². The largest absolute Gasteiger partial charge is 0.370 e. The molecule has 0 aliphatic heterocycles. The van der Waals surface area contributed by atoms with Crippen LogP contribution in [-0.2, 0) is 0 Å². The van der Waals surface area contributed by atoms with Gasteiger partial charge in [0.05, 0.1) is 4.92 Å². The fourth-order valence-electron chi connectivity index (χ4n) is 2.84. The molecule has 2 rings (SSSR count). The number of nitrogens with one attached hydrogen (secondary N) is 1. The van der Waals surface area contributed by atoms with Crippen molar-refractivity contribution in [3.63, 3.8) is 0 Å². The van der Waals surface area contributed by atoms with E-state index in [1.165, 1.54) is 31.7 Å². The van der Waals surface area contributed by atoms with Crippen molar-refractivity contribution in [1.82, 2.24) is 4.98 Å². The number of rotatable bonds is 4. The van der Waals surface area contributed by atoms with Gasteiger partial charge in [0.1, 0.15) is 11.5 Å². The van der Waals surface area contributed by atoms with Crippen LogP contribution in [0.25, 0.3) is 0 Å². The number of pyridine rings is 1. The first-order valence-corrected chi connectivity index (χ1v) is 6.92. The number of hydrogen-bond acceptors (Lipinski definition) is 4. The highest BCUT2D eigenvalue weighted by Crippen LogP contribution is 2.28. The number of hydrogen-bond donors (Lipinski definition) is 1. The van der Waals surface area contributed by atoms with Crippen LogP contribution in [0.15, 0.2) is 12.1 Å². The van der Waals surface area contributed by atoms with E-state index in [0.29, 0.717) is 11.6 Å². The van der Waals surface area contributed by atoms with Crippen LogP contribution in [0, 0.1) is 28.9 Å². The monoisotopic (exact) mass is 263 g/mol. The van der Waals surface area contributed by atoms with Crippen LogP contribution in [0.5, 0.6) is 0 Å². The van der Waals surface area contributed by atoms with E-state index in [-0.39, 0.29) is 5.69 Å². The molecule has 1 fully saturated rings. The normalized spacial score (nSPS) is 23.1. The summed E-state index contributed by atoms with van der Waals surface area (Å²) in [5, 5.41) is 14.0. The maximum atomic E-state index is 10.7. The third-order valence-corrected chi connectivity index (χ3v) is 3.87. The molecule has 0 amide bonds. The standard InChI is InChI=1S/C14H21N3O2/c1-10-4-3-5-12(8-10)9-15-14-7-6-13(17(18)19)11(2)16-14/h6-7,10,12H,3-5,8-9H2,1-2H3,(H,15,16). The molecule has 19 heavy (non-hydrogen) atoms. The fourth-order valence-corrected chi connectivity index (χ4v) is 2.84. The highest BCUT2D eigenvalue weighted by Gasteiger charge is 2.19. The molecule has 0 saturated heterocycles. The van der Waals surface area contributed by atoms with Gasteiger partial charge in [-0.2, -0.15) is 0 Å². The summed E-state index contributed by atoms with van der Waals surface area (Å²) >= 11 is 0. The third-order valence-electron chi connectivity index (χ3n) is 3.87. The van der Waals surface area contributed by atoms with Crippen LogP contribution in [-0.4, -0.2) is 16.5 Å². The summed E-state index contributed by atoms with van der Waals surface area (Å²) < 4.78 is 0. The topological polar surface area (TPSA) is 68.1 Å². The Bertz CT molecular complexity index is 462. The van der Waals surface area contributed by atoms with Crippen molar-refractivity contribution in [2.75, 3.05) is 11.9 Å². The van der Waals surface area contributed by atoms with E-state index in [4.69, 9.17) is 0 Å². The first kappa shape index (κ1) is 13.8. The molecule has 2 unspecified atom stereocenters. The van der Waals surface area contributed by atoms with E-state index in [9.17, 15) is 10.1 Å². The van der Waals surface area contributed by atoms with Gasteiger partial charge in [0, 0.05) is 12.6 Å². The highest BCUT2D eigenvalue weighted by atomic mass is 16.6. The minimum atomic E-state index is -0.394. The summed E-state index contributed by atoms with van der Waals surface area (Å²) in [4.78, 5) is 14.6. The lowest BCUT2D eigenvalue weighted by atomic mass is 9.82. The van der Waals surface area contributed by atoms with Crippen LogP contribution in [0.4, 0.5) is 11.5 Å². The lowest BCUT2D eigenvalue weighted by molar-refractivity contribution is -0.385. The number of anilines is 1. The summed E-state index contributed by atoms with van der Waals surface area (Å²) in [7, 11) is 0. The van der Waals surface area contributed by atoms with Gasteiger partial charge in [-0.25, -0.2) is 4.98 Å². The van der Waals surface area contributed by atoms with Crippen LogP contribution in [0.2, 0.25) is 0 Å². The van der Waals surface area contributed by atoms with E-state index >= 15 is 0 Å². The molecular formula is C14H21N3O2. The zero-order valence-corrected chi connectivity index (χ0v) is 11.6. The van der Waals surface area contributed by atoms with Gasteiger partial charge in [-0.3, -0.25) is 10.1 Å². The predicted octanol–water partition coefficient (Wildman–Crippen LogP) is 3.54. The van der Waals surface area contributed by atoms with Crippen molar-refractivity contribution in [2.45, 2.75) is 39.5 Å². The summed E-state index contributed by atoms with van der Waals surface area (Å²) in [5.41, 5.74) is 0.545. The van der Waals surface area contributed by atoms with Gasteiger partial charge >= 0.3 is 0 Å². The Kier molecular flexibility index (Phi) is 4.35. The van der Waals surface area contributed by atoms with Gasteiger partial charge in [0.2, 0.25) is 0 Å². The molecule has 5 nitrogen and oxygen atoms in total. The van der Waals surface area contributed by atoms with Crippen molar-refractivity contribution in [3.05, 3.63) is 27.9 Å². The van der Waals surface area contributed by atoms with Gasteiger partial charge in [-0.1, -0.05) is 19.8 Å². The number of aryl methyl sites for hydroxylation is 1. The molecule has 0 spiro atoms. The average Bonchev–Trinajstić information content (AvgIpc) is 2.36. The maximum absolute atomic E-state index is 10.7. The van der Waals surface area contributed by atoms with Gasteiger partial charge in [-0.05, 0) is 37.7 Å². The third kappa shape index (κ3) is 3.66. The Labute approximate surface area is 113 Å².